The minimum absolute atomic E-state index is 0.249. The van der Waals surface area contributed by atoms with Crippen LogP contribution < -0.4 is 9.64 Å². The van der Waals surface area contributed by atoms with Gasteiger partial charge in [-0.1, -0.05) is 18.2 Å². The molecule has 1 heterocycles. The van der Waals surface area contributed by atoms with E-state index < -0.39 is 30.5 Å². The molecule has 0 N–H and O–H groups in total. The maximum Gasteiger partial charge on any atom is 0.407 e. The van der Waals surface area contributed by atoms with Gasteiger partial charge in [0, 0.05) is 11.8 Å². The van der Waals surface area contributed by atoms with E-state index in [0.717, 1.165) is 11.1 Å². The Morgan fingerprint density at radius 3 is 2.43 bits per heavy atom. The third kappa shape index (κ3) is 4.05. The van der Waals surface area contributed by atoms with Gasteiger partial charge >= 0.3 is 6.18 Å². The first-order valence-electron chi connectivity index (χ1n) is 8.58. The van der Waals surface area contributed by atoms with Gasteiger partial charge in [0.05, 0.1) is 18.2 Å². The molecule has 0 saturated heterocycles. The molecule has 1 atom stereocenters. The molecule has 146 valence electrons. The number of carbonyl (C=O) groups is 2. The number of amides is 2. The van der Waals surface area contributed by atoms with E-state index in [1.807, 2.05) is 6.92 Å². The third-order valence-corrected chi connectivity index (χ3v) is 4.15. The Hall–Kier alpha value is -3.16. The summed E-state index contributed by atoms with van der Waals surface area (Å²) in [5.74, 6) is -1.70. The van der Waals surface area contributed by atoms with Gasteiger partial charge in [0.2, 0.25) is 5.91 Å². The summed E-state index contributed by atoms with van der Waals surface area (Å²) in [4.78, 5) is 30.2. The van der Waals surface area contributed by atoms with Crippen LogP contribution in [0.3, 0.4) is 0 Å². The molecule has 0 unspecified atom stereocenters. The SMILES string of the molecule is CCOc1ccc(N2C(=O)c3ccccc3[C@@H](C=NCC(F)(F)F)C2=O)cc1. The lowest BCUT2D eigenvalue weighted by atomic mass is 9.89. The van der Waals surface area contributed by atoms with Crippen molar-refractivity contribution < 1.29 is 27.5 Å². The molecular formula is C20H17F3N2O3. The zero-order valence-corrected chi connectivity index (χ0v) is 14.9. The number of nitrogens with zero attached hydrogens (tertiary/aromatic N) is 2. The van der Waals surface area contributed by atoms with Crippen LogP contribution in [0.5, 0.6) is 5.75 Å². The molecule has 1 aliphatic rings. The minimum Gasteiger partial charge on any atom is -0.494 e. The maximum absolute atomic E-state index is 13.0. The van der Waals surface area contributed by atoms with E-state index in [-0.39, 0.29) is 5.56 Å². The second-order valence-corrected chi connectivity index (χ2v) is 6.08. The van der Waals surface area contributed by atoms with E-state index >= 15 is 0 Å². The number of benzene rings is 2. The number of hydrogen-bond donors (Lipinski definition) is 0. The van der Waals surface area contributed by atoms with Crippen LogP contribution in [0.15, 0.2) is 53.5 Å². The van der Waals surface area contributed by atoms with Crippen molar-refractivity contribution in [2.24, 2.45) is 4.99 Å². The number of anilines is 1. The highest BCUT2D eigenvalue weighted by Crippen LogP contribution is 2.32. The van der Waals surface area contributed by atoms with Crippen molar-refractivity contribution in [3.63, 3.8) is 0 Å². The fraction of sp³-hybridized carbons (Fsp3) is 0.250. The minimum atomic E-state index is -4.47. The zero-order chi connectivity index (χ0) is 20.3. The molecule has 1 aliphatic heterocycles. The number of aliphatic imine (C=N–C) groups is 1. The van der Waals surface area contributed by atoms with Crippen LogP contribution in [-0.2, 0) is 4.79 Å². The molecule has 0 aromatic heterocycles. The van der Waals surface area contributed by atoms with Crippen LogP contribution in [0.4, 0.5) is 18.9 Å². The normalized spacial score (nSPS) is 17.1. The quantitative estimate of drug-likeness (QED) is 0.573. The summed E-state index contributed by atoms with van der Waals surface area (Å²) in [7, 11) is 0. The number of rotatable bonds is 5. The maximum atomic E-state index is 13.0. The van der Waals surface area contributed by atoms with Crippen LogP contribution in [0, 0.1) is 0 Å². The number of hydrogen-bond acceptors (Lipinski definition) is 4. The molecule has 0 aliphatic carbocycles. The average Bonchev–Trinajstić information content (AvgIpc) is 2.65. The highest BCUT2D eigenvalue weighted by Gasteiger charge is 2.39. The smallest absolute Gasteiger partial charge is 0.407 e. The molecule has 3 rings (SSSR count). The summed E-state index contributed by atoms with van der Waals surface area (Å²) in [5.41, 5.74) is 0.896. The van der Waals surface area contributed by atoms with E-state index in [2.05, 4.69) is 4.99 Å². The largest absolute Gasteiger partial charge is 0.494 e. The number of fused-ring (bicyclic) bond motifs is 1. The van der Waals surface area contributed by atoms with Crippen molar-refractivity contribution >= 4 is 23.7 Å². The molecule has 0 radical (unpaired) electrons. The predicted molar refractivity (Wildman–Crippen MR) is 98.0 cm³/mol. The van der Waals surface area contributed by atoms with Crippen LogP contribution in [0.2, 0.25) is 0 Å². The van der Waals surface area contributed by atoms with Gasteiger partial charge in [-0.15, -0.1) is 0 Å². The van der Waals surface area contributed by atoms with Gasteiger partial charge in [-0.3, -0.25) is 14.6 Å². The first-order valence-corrected chi connectivity index (χ1v) is 8.58. The molecule has 28 heavy (non-hydrogen) atoms. The summed E-state index contributed by atoms with van der Waals surface area (Å²) in [6.07, 6.45) is -3.51. The van der Waals surface area contributed by atoms with Crippen LogP contribution in [0.25, 0.3) is 0 Å². The topological polar surface area (TPSA) is 59.0 Å². The van der Waals surface area contributed by atoms with Crippen molar-refractivity contribution in [1.29, 1.82) is 0 Å². The van der Waals surface area contributed by atoms with Crippen molar-refractivity contribution in [1.82, 2.24) is 0 Å². The van der Waals surface area contributed by atoms with Crippen molar-refractivity contribution in [3.05, 3.63) is 59.7 Å². The first kappa shape index (κ1) is 19.6. The summed E-state index contributed by atoms with van der Waals surface area (Å²) in [6, 6.07) is 12.7. The third-order valence-electron chi connectivity index (χ3n) is 4.15. The van der Waals surface area contributed by atoms with Gasteiger partial charge in [0.25, 0.3) is 5.91 Å². The highest BCUT2D eigenvalue weighted by atomic mass is 19.4. The molecule has 0 saturated carbocycles. The van der Waals surface area contributed by atoms with Gasteiger partial charge in [-0.05, 0) is 42.8 Å². The Kier molecular flexibility index (Phi) is 5.48. The number of alkyl halides is 3. The summed E-state index contributed by atoms with van der Waals surface area (Å²) in [5, 5.41) is 0. The summed E-state index contributed by atoms with van der Waals surface area (Å²) in [6.45, 7) is 0.898. The van der Waals surface area contributed by atoms with Crippen molar-refractivity contribution in [3.8, 4) is 5.75 Å². The predicted octanol–water partition coefficient (Wildman–Crippen LogP) is 3.99. The number of carbonyl (C=O) groups excluding carboxylic acids is 2. The Bertz CT molecular complexity index is 908. The zero-order valence-electron chi connectivity index (χ0n) is 14.9. The van der Waals surface area contributed by atoms with Gasteiger partial charge in [0.15, 0.2) is 0 Å². The average molecular weight is 390 g/mol. The van der Waals surface area contributed by atoms with E-state index in [4.69, 9.17) is 4.74 Å². The highest BCUT2D eigenvalue weighted by molar-refractivity contribution is 6.29. The number of imide groups is 1. The monoisotopic (exact) mass is 390 g/mol. The van der Waals surface area contributed by atoms with Crippen molar-refractivity contribution in [2.45, 2.75) is 19.0 Å². The molecule has 5 nitrogen and oxygen atoms in total. The lowest BCUT2D eigenvalue weighted by Crippen LogP contribution is -2.45. The Morgan fingerprint density at radius 2 is 1.79 bits per heavy atom. The summed E-state index contributed by atoms with van der Waals surface area (Å²) < 4.78 is 42.6. The van der Waals surface area contributed by atoms with Crippen LogP contribution in [-0.4, -0.2) is 37.4 Å². The van der Waals surface area contributed by atoms with Gasteiger partial charge in [0.1, 0.15) is 12.3 Å². The van der Waals surface area contributed by atoms with Crippen LogP contribution in [0.1, 0.15) is 28.8 Å². The van der Waals surface area contributed by atoms with Gasteiger partial charge < -0.3 is 4.74 Å². The van der Waals surface area contributed by atoms with E-state index in [0.29, 0.717) is 23.6 Å². The fourth-order valence-corrected chi connectivity index (χ4v) is 2.96. The Morgan fingerprint density at radius 1 is 1.11 bits per heavy atom. The molecule has 0 spiro atoms. The van der Waals surface area contributed by atoms with E-state index in [1.54, 1.807) is 42.5 Å². The lowest BCUT2D eigenvalue weighted by Gasteiger charge is -2.31. The van der Waals surface area contributed by atoms with E-state index in [9.17, 15) is 22.8 Å². The standard InChI is InChI=1S/C20H17F3N2O3/c1-2-28-14-9-7-13(8-10-14)25-18(26)16-6-4-3-5-15(16)17(19(25)27)11-24-12-20(21,22)23/h3-11,17H,2,12H2,1H3/t17-/m1/s1. The number of halogens is 3. The van der Waals surface area contributed by atoms with Gasteiger partial charge in [-0.2, -0.15) is 13.2 Å². The van der Waals surface area contributed by atoms with Crippen molar-refractivity contribution in [2.75, 3.05) is 18.1 Å². The van der Waals surface area contributed by atoms with Gasteiger partial charge in [-0.25, -0.2) is 4.90 Å². The first-order chi connectivity index (χ1) is 13.3. The number of ether oxygens (including phenoxy) is 1. The second kappa shape index (κ2) is 7.84. The molecule has 2 aromatic rings. The second-order valence-electron chi connectivity index (χ2n) is 6.08. The fourth-order valence-electron chi connectivity index (χ4n) is 2.96. The molecule has 8 heteroatoms. The molecular weight excluding hydrogens is 373 g/mol. The Balaban J connectivity index is 1.98. The lowest BCUT2D eigenvalue weighted by molar-refractivity contribution is -0.120. The molecule has 0 bridgehead atoms. The summed E-state index contributed by atoms with van der Waals surface area (Å²) >= 11 is 0. The molecule has 2 amide bonds. The van der Waals surface area contributed by atoms with E-state index in [1.165, 1.54) is 6.07 Å². The molecule has 0 fully saturated rings. The Labute approximate surface area is 159 Å². The van der Waals surface area contributed by atoms with Crippen LogP contribution >= 0.6 is 0 Å². The molecule has 2 aromatic carbocycles.